The molecule has 0 radical (unpaired) electrons. The van der Waals surface area contributed by atoms with Crippen molar-refractivity contribution in [2.45, 2.75) is 45.6 Å². The minimum atomic E-state index is -0.555. The third-order valence-corrected chi connectivity index (χ3v) is 2.69. The first-order valence-electron chi connectivity index (χ1n) is 5.81. The summed E-state index contributed by atoms with van der Waals surface area (Å²) in [4.78, 5) is 12.2. The number of rotatable bonds is 2. The molecule has 1 rings (SSSR count). The average Bonchev–Trinajstić information content (AvgIpc) is 2.15. The highest BCUT2D eigenvalue weighted by Gasteiger charge is 2.31. The molecule has 1 aromatic rings. The first kappa shape index (κ1) is 13.6. The maximum absolute atomic E-state index is 12.2. The zero-order valence-electron chi connectivity index (χ0n) is 11.3. The van der Waals surface area contributed by atoms with Gasteiger partial charge >= 0.3 is 0 Å². The molecular formula is C14H22N2O. The third kappa shape index (κ3) is 3.48. The van der Waals surface area contributed by atoms with Gasteiger partial charge in [-0.3, -0.25) is 4.79 Å². The van der Waals surface area contributed by atoms with Gasteiger partial charge in [-0.15, -0.1) is 0 Å². The molecule has 0 aliphatic carbocycles. The van der Waals surface area contributed by atoms with Gasteiger partial charge in [0.1, 0.15) is 0 Å². The second kappa shape index (κ2) is 4.40. The van der Waals surface area contributed by atoms with Crippen LogP contribution in [-0.4, -0.2) is 11.4 Å². The highest BCUT2D eigenvalue weighted by molar-refractivity contribution is 5.87. The molecule has 0 spiro atoms. The molecule has 1 amide bonds. The maximum atomic E-state index is 12.2. The molecule has 0 atom stereocenters. The molecule has 17 heavy (non-hydrogen) atoms. The van der Waals surface area contributed by atoms with E-state index in [-0.39, 0.29) is 11.4 Å². The second-order valence-corrected chi connectivity index (χ2v) is 5.95. The van der Waals surface area contributed by atoms with Crippen molar-refractivity contribution in [1.82, 2.24) is 5.32 Å². The molecule has 0 fully saturated rings. The van der Waals surface area contributed by atoms with E-state index in [0.29, 0.717) is 5.69 Å². The lowest BCUT2D eigenvalue weighted by Gasteiger charge is -2.30. The summed E-state index contributed by atoms with van der Waals surface area (Å²) in [5.41, 5.74) is 6.55. The van der Waals surface area contributed by atoms with E-state index in [1.54, 1.807) is 0 Å². The van der Waals surface area contributed by atoms with E-state index in [4.69, 9.17) is 5.73 Å². The van der Waals surface area contributed by atoms with Crippen LogP contribution in [0.15, 0.2) is 24.3 Å². The Morgan fingerprint density at radius 3 is 1.94 bits per heavy atom. The van der Waals surface area contributed by atoms with E-state index in [9.17, 15) is 4.79 Å². The van der Waals surface area contributed by atoms with Gasteiger partial charge in [-0.05, 0) is 52.3 Å². The van der Waals surface area contributed by atoms with E-state index in [0.717, 1.165) is 5.56 Å². The van der Waals surface area contributed by atoms with Crippen molar-refractivity contribution in [3.8, 4) is 0 Å². The molecule has 3 nitrogen and oxygen atoms in total. The van der Waals surface area contributed by atoms with Gasteiger partial charge in [-0.2, -0.15) is 0 Å². The number of nitrogens with one attached hydrogen (secondary N) is 1. The Morgan fingerprint density at radius 2 is 1.53 bits per heavy atom. The van der Waals surface area contributed by atoms with Crippen LogP contribution in [0.25, 0.3) is 0 Å². The Bertz CT molecular complexity index is 399. The molecule has 0 aromatic heterocycles. The van der Waals surface area contributed by atoms with E-state index in [1.165, 1.54) is 0 Å². The molecule has 3 N–H and O–H groups in total. The van der Waals surface area contributed by atoms with Crippen LogP contribution in [0.5, 0.6) is 0 Å². The van der Waals surface area contributed by atoms with Crippen molar-refractivity contribution in [3.63, 3.8) is 0 Å². The summed E-state index contributed by atoms with van der Waals surface area (Å²) in [7, 11) is 0. The fraction of sp³-hybridized carbons (Fsp3) is 0.500. The van der Waals surface area contributed by atoms with Crippen molar-refractivity contribution in [2.75, 3.05) is 5.73 Å². The summed E-state index contributed by atoms with van der Waals surface area (Å²) in [6, 6.07) is 7.44. The fourth-order valence-corrected chi connectivity index (χ4v) is 1.53. The van der Waals surface area contributed by atoms with Gasteiger partial charge in [0.2, 0.25) is 5.91 Å². The Hall–Kier alpha value is -1.51. The monoisotopic (exact) mass is 234 g/mol. The summed E-state index contributed by atoms with van der Waals surface area (Å²) >= 11 is 0. The van der Waals surface area contributed by atoms with Crippen LogP contribution in [0.2, 0.25) is 0 Å². The molecule has 1 aromatic carbocycles. The first-order valence-corrected chi connectivity index (χ1v) is 5.81. The Morgan fingerprint density at radius 1 is 1.06 bits per heavy atom. The van der Waals surface area contributed by atoms with E-state index in [2.05, 4.69) is 5.32 Å². The number of anilines is 1. The SMILES string of the molecule is CC(C)(C)NC(=O)C(C)(C)c1ccc(N)cc1. The molecule has 0 aliphatic heterocycles. The molecule has 0 heterocycles. The van der Waals surface area contributed by atoms with Crippen molar-refractivity contribution >= 4 is 11.6 Å². The predicted molar refractivity (Wildman–Crippen MR) is 71.8 cm³/mol. The second-order valence-electron chi connectivity index (χ2n) is 5.95. The Kier molecular flexibility index (Phi) is 3.51. The predicted octanol–water partition coefficient (Wildman–Crippen LogP) is 2.46. The number of nitrogens with two attached hydrogens (primary N) is 1. The van der Waals surface area contributed by atoms with Crippen LogP contribution < -0.4 is 11.1 Å². The van der Waals surface area contributed by atoms with Gasteiger partial charge < -0.3 is 11.1 Å². The van der Waals surface area contributed by atoms with Crippen LogP contribution in [0, 0.1) is 0 Å². The quantitative estimate of drug-likeness (QED) is 0.772. The van der Waals surface area contributed by atoms with Gasteiger partial charge in [-0.25, -0.2) is 0 Å². The molecule has 0 saturated carbocycles. The van der Waals surface area contributed by atoms with Crippen molar-refractivity contribution in [1.29, 1.82) is 0 Å². The summed E-state index contributed by atoms with van der Waals surface area (Å²) in [6.07, 6.45) is 0. The number of hydrogen-bond acceptors (Lipinski definition) is 2. The van der Waals surface area contributed by atoms with E-state index < -0.39 is 5.41 Å². The number of carbonyl (C=O) groups excluding carboxylic acids is 1. The van der Waals surface area contributed by atoms with Gasteiger partial charge in [0, 0.05) is 11.2 Å². The lowest BCUT2D eigenvalue weighted by Crippen LogP contribution is -2.48. The molecule has 94 valence electrons. The fourth-order valence-electron chi connectivity index (χ4n) is 1.53. The van der Waals surface area contributed by atoms with E-state index >= 15 is 0 Å². The molecule has 0 bridgehead atoms. The van der Waals surface area contributed by atoms with Crippen molar-refractivity contribution < 1.29 is 4.79 Å². The number of nitrogen functional groups attached to an aromatic ring is 1. The minimum absolute atomic E-state index is 0.0229. The van der Waals surface area contributed by atoms with Crippen LogP contribution in [0.4, 0.5) is 5.69 Å². The zero-order chi connectivity index (χ0) is 13.3. The van der Waals surface area contributed by atoms with Gasteiger partial charge in [0.25, 0.3) is 0 Å². The number of amides is 1. The van der Waals surface area contributed by atoms with Crippen LogP contribution in [0.1, 0.15) is 40.2 Å². The van der Waals surface area contributed by atoms with Gasteiger partial charge in [-0.1, -0.05) is 12.1 Å². The highest BCUT2D eigenvalue weighted by atomic mass is 16.2. The normalized spacial score (nSPS) is 12.3. The number of carbonyl (C=O) groups is 1. The molecule has 0 saturated heterocycles. The standard InChI is InChI=1S/C14H22N2O/c1-13(2,3)16-12(17)14(4,5)10-6-8-11(15)9-7-10/h6-9H,15H2,1-5H3,(H,16,17). The Balaban J connectivity index is 2.94. The van der Waals surface area contributed by atoms with Gasteiger partial charge in [0.15, 0.2) is 0 Å². The van der Waals surface area contributed by atoms with Crippen molar-refractivity contribution in [3.05, 3.63) is 29.8 Å². The van der Waals surface area contributed by atoms with Gasteiger partial charge in [0.05, 0.1) is 5.41 Å². The smallest absolute Gasteiger partial charge is 0.230 e. The topological polar surface area (TPSA) is 55.1 Å². The minimum Gasteiger partial charge on any atom is -0.399 e. The molecular weight excluding hydrogens is 212 g/mol. The third-order valence-electron chi connectivity index (χ3n) is 2.69. The van der Waals surface area contributed by atoms with Crippen LogP contribution in [-0.2, 0) is 10.2 Å². The average molecular weight is 234 g/mol. The summed E-state index contributed by atoms with van der Waals surface area (Å²) in [5, 5.41) is 3.00. The Labute approximate surface area is 103 Å². The van der Waals surface area contributed by atoms with Crippen LogP contribution >= 0.6 is 0 Å². The van der Waals surface area contributed by atoms with Crippen molar-refractivity contribution in [2.24, 2.45) is 0 Å². The molecule has 0 aliphatic rings. The maximum Gasteiger partial charge on any atom is 0.230 e. The first-order chi connectivity index (χ1) is 7.63. The van der Waals surface area contributed by atoms with E-state index in [1.807, 2.05) is 58.9 Å². The lowest BCUT2D eigenvalue weighted by molar-refractivity contribution is -0.127. The molecule has 3 heteroatoms. The number of benzene rings is 1. The molecule has 0 unspecified atom stereocenters. The largest absolute Gasteiger partial charge is 0.399 e. The zero-order valence-corrected chi connectivity index (χ0v) is 11.3. The number of hydrogen-bond donors (Lipinski definition) is 2. The van der Waals surface area contributed by atoms with Crippen LogP contribution in [0.3, 0.4) is 0 Å². The highest BCUT2D eigenvalue weighted by Crippen LogP contribution is 2.25. The summed E-state index contributed by atoms with van der Waals surface area (Å²) in [6.45, 7) is 9.76. The summed E-state index contributed by atoms with van der Waals surface area (Å²) < 4.78 is 0. The lowest BCUT2D eigenvalue weighted by atomic mass is 9.83. The summed E-state index contributed by atoms with van der Waals surface area (Å²) in [5.74, 6) is 0.0229.